The minimum Gasteiger partial charge on any atom is -0.490 e. The van der Waals surface area contributed by atoms with Gasteiger partial charge in [-0.1, -0.05) is 0 Å². The molecular weight excluding hydrogens is 479 g/mol. The largest absolute Gasteiger partial charge is 0.490 e. The molecule has 1 aromatic heterocycles. The first kappa shape index (κ1) is 26.3. The second-order valence-electron chi connectivity index (χ2n) is 7.32. The third-order valence-electron chi connectivity index (χ3n) is 4.70. The van der Waals surface area contributed by atoms with Gasteiger partial charge in [-0.3, -0.25) is 9.78 Å². The summed E-state index contributed by atoms with van der Waals surface area (Å²) in [6, 6.07) is 11.4. The lowest BCUT2D eigenvalue weighted by Crippen LogP contribution is -2.21. The molecule has 36 heavy (non-hydrogen) atoms. The highest BCUT2D eigenvalue weighted by molar-refractivity contribution is 6.00. The summed E-state index contributed by atoms with van der Waals surface area (Å²) < 4.78 is 50.6. The smallest absolute Gasteiger partial charge is 0.416 e. The second-order valence-corrected chi connectivity index (χ2v) is 7.32. The number of anilines is 2. The van der Waals surface area contributed by atoms with E-state index in [1.807, 2.05) is 0 Å². The van der Waals surface area contributed by atoms with Gasteiger partial charge in [0.2, 0.25) is 0 Å². The van der Waals surface area contributed by atoms with Gasteiger partial charge in [0.1, 0.15) is 29.5 Å². The number of benzene rings is 2. The van der Waals surface area contributed by atoms with Gasteiger partial charge in [-0.2, -0.15) is 13.2 Å². The molecular formula is C24H24F3N5O4. The van der Waals surface area contributed by atoms with Crippen molar-refractivity contribution in [2.24, 2.45) is 0 Å². The van der Waals surface area contributed by atoms with Gasteiger partial charge in [-0.15, -0.1) is 0 Å². The van der Waals surface area contributed by atoms with Gasteiger partial charge in [0, 0.05) is 31.5 Å². The molecule has 9 nitrogen and oxygen atoms in total. The Morgan fingerprint density at radius 3 is 2.36 bits per heavy atom. The van der Waals surface area contributed by atoms with Crippen molar-refractivity contribution in [3.05, 3.63) is 72.1 Å². The number of rotatable bonds is 9. The maximum atomic E-state index is 13.1. The van der Waals surface area contributed by atoms with E-state index in [1.165, 1.54) is 19.3 Å². The van der Waals surface area contributed by atoms with Crippen molar-refractivity contribution in [2.75, 3.05) is 37.9 Å². The van der Waals surface area contributed by atoms with Crippen LogP contribution in [0.15, 0.2) is 60.8 Å². The molecule has 3 rings (SSSR count). The Kier molecular flexibility index (Phi) is 8.68. The number of pyridine rings is 1. The molecule has 0 radical (unpaired) electrons. The van der Waals surface area contributed by atoms with Gasteiger partial charge in [0.15, 0.2) is 0 Å². The van der Waals surface area contributed by atoms with E-state index in [1.54, 1.807) is 37.4 Å². The van der Waals surface area contributed by atoms with Crippen molar-refractivity contribution < 1.29 is 32.2 Å². The molecule has 0 atom stereocenters. The van der Waals surface area contributed by atoms with Gasteiger partial charge < -0.3 is 30.7 Å². The summed E-state index contributed by atoms with van der Waals surface area (Å²) in [5, 5.41) is 10.3. The van der Waals surface area contributed by atoms with Gasteiger partial charge in [-0.05, 0) is 55.6 Å². The third-order valence-corrected chi connectivity index (χ3v) is 4.70. The highest BCUT2D eigenvalue weighted by atomic mass is 19.4. The first-order valence-electron chi connectivity index (χ1n) is 10.7. The second kappa shape index (κ2) is 11.9. The predicted molar refractivity (Wildman–Crippen MR) is 128 cm³/mol. The molecule has 0 spiro atoms. The van der Waals surface area contributed by atoms with Crippen LogP contribution in [0.25, 0.3) is 0 Å². The SMILES string of the molecule is CNCCOc1ccc(C(F)(F)F)cc1NC(=O)Nc1ccc(Oc2ccnc(C(=O)NC)c2)cc1. The number of alkyl halides is 3. The topological polar surface area (TPSA) is 114 Å². The number of hydrogen-bond acceptors (Lipinski definition) is 6. The van der Waals surface area contributed by atoms with Crippen LogP contribution >= 0.6 is 0 Å². The van der Waals surface area contributed by atoms with Gasteiger partial charge in [0.25, 0.3) is 5.91 Å². The maximum absolute atomic E-state index is 13.1. The van der Waals surface area contributed by atoms with Crippen LogP contribution in [0.1, 0.15) is 16.1 Å². The lowest BCUT2D eigenvalue weighted by Gasteiger charge is -2.16. The number of aromatic nitrogens is 1. The Balaban J connectivity index is 1.67. The monoisotopic (exact) mass is 503 g/mol. The summed E-state index contributed by atoms with van der Waals surface area (Å²) in [4.78, 5) is 28.2. The molecule has 0 aliphatic heterocycles. The number of nitrogens with zero attached hydrogens (tertiary/aromatic N) is 1. The van der Waals surface area contributed by atoms with Crippen LogP contribution in [0.5, 0.6) is 17.2 Å². The molecule has 190 valence electrons. The summed E-state index contributed by atoms with van der Waals surface area (Å²) in [5.41, 5.74) is -0.488. The minimum absolute atomic E-state index is 0.102. The van der Waals surface area contributed by atoms with Crippen molar-refractivity contribution in [3.8, 4) is 17.2 Å². The fourth-order valence-electron chi connectivity index (χ4n) is 2.95. The van der Waals surface area contributed by atoms with E-state index in [0.29, 0.717) is 23.7 Å². The van der Waals surface area contributed by atoms with E-state index in [9.17, 15) is 22.8 Å². The van der Waals surface area contributed by atoms with Crippen LogP contribution in [0.4, 0.5) is 29.3 Å². The maximum Gasteiger partial charge on any atom is 0.416 e. The van der Waals surface area contributed by atoms with Crippen LogP contribution in [0.2, 0.25) is 0 Å². The highest BCUT2D eigenvalue weighted by Crippen LogP contribution is 2.35. The molecule has 4 N–H and O–H groups in total. The van der Waals surface area contributed by atoms with Crippen LogP contribution in [0.3, 0.4) is 0 Å². The van der Waals surface area contributed by atoms with E-state index < -0.39 is 17.8 Å². The lowest BCUT2D eigenvalue weighted by atomic mass is 10.2. The number of halogens is 3. The minimum atomic E-state index is -4.58. The Morgan fingerprint density at radius 1 is 0.944 bits per heavy atom. The number of ether oxygens (including phenoxy) is 2. The molecule has 2 aromatic carbocycles. The normalized spacial score (nSPS) is 10.9. The van der Waals surface area contributed by atoms with Gasteiger partial charge in [0.05, 0.1) is 11.3 Å². The molecule has 0 aliphatic rings. The summed E-state index contributed by atoms with van der Waals surface area (Å²) in [5.74, 6) is 0.554. The lowest BCUT2D eigenvalue weighted by molar-refractivity contribution is -0.137. The molecule has 0 saturated carbocycles. The fraction of sp³-hybridized carbons (Fsp3) is 0.208. The van der Waals surface area contributed by atoms with Crippen molar-refractivity contribution in [1.82, 2.24) is 15.6 Å². The third kappa shape index (κ3) is 7.34. The summed E-state index contributed by atoms with van der Waals surface area (Å²) >= 11 is 0. The number of nitrogens with one attached hydrogen (secondary N) is 4. The van der Waals surface area contributed by atoms with Crippen LogP contribution in [-0.2, 0) is 6.18 Å². The Morgan fingerprint density at radius 2 is 1.69 bits per heavy atom. The van der Waals surface area contributed by atoms with Crippen molar-refractivity contribution >= 4 is 23.3 Å². The van der Waals surface area contributed by atoms with E-state index in [2.05, 4.69) is 26.3 Å². The van der Waals surface area contributed by atoms with Crippen molar-refractivity contribution in [2.45, 2.75) is 6.18 Å². The van der Waals surface area contributed by atoms with E-state index in [4.69, 9.17) is 9.47 Å². The van der Waals surface area contributed by atoms with E-state index >= 15 is 0 Å². The Bertz CT molecular complexity index is 1200. The Labute approximate surface area is 205 Å². The number of urea groups is 1. The first-order valence-corrected chi connectivity index (χ1v) is 10.7. The fourth-order valence-corrected chi connectivity index (χ4v) is 2.95. The van der Waals surface area contributed by atoms with E-state index in [0.717, 1.165) is 18.2 Å². The Hall–Kier alpha value is -4.32. The molecule has 0 fully saturated rings. The molecule has 3 aromatic rings. The van der Waals surface area contributed by atoms with Crippen LogP contribution in [-0.4, -0.2) is 44.2 Å². The molecule has 3 amide bonds. The molecule has 0 aliphatic carbocycles. The average Bonchev–Trinajstić information content (AvgIpc) is 2.85. The van der Waals surface area contributed by atoms with Crippen LogP contribution < -0.4 is 30.7 Å². The highest BCUT2D eigenvalue weighted by Gasteiger charge is 2.31. The zero-order valence-corrected chi connectivity index (χ0v) is 19.4. The zero-order chi connectivity index (χ0) is 26.1. The van der Waals surface area contributed by atoms with Crippen LogP contribution in [0, 0.1) is 0 Å². The van der Waals surface area contributed by atoms with Crippen molar-refractivity contribution in [3.63, 3.8) is 0 Å². The first-order chi connectivity index (χ1) is 17.2. The number of hydrogen-bond donors (Lipinski definition) is 4. The standard InChI is InChI=1S/C24H24F3N5O4/c1-28-11-12-35-21-8-3-15(24(25,26)27)13-19(21)32-23(34)31-16-4-6-17(7-5-16)36-18-9-10-30-20(14-18)22(33)29-2/h3-10,13-14,28H,11-12H2,1-2H3,(H,29,33)(H2,31,32,34). The molecule has 12 heteroatoms. The van der Waals surface area contributed by atoms with Gasteiger partial charge in [-0.25, -0.2) is 4.79 Å². The molecule has 1 heterocycles. The zero-order valence-electron chi connectivity index (χ0n) is 19.4. The number of amides is 3. The quantitative estimate of drug-likeness (QED) is 0.320. The summed E-state index contributed by atoms with van der Waals surface area (Å²) in [6.45, 7) is 0.662. The average molecular weight is 503 g/mol. The summed E-state index contributed by atoms with van der Waals surface area (Å²) in [6.07, 6.45) is -3.15. The molecule has 0 bridgehead atoms. The number of likely N-dealkylation sites (N-methyl/N-ethyl adjacent to an activating group) is 1. The predicted octanol–water partition coefficient (Wildman–Crippen LogP) is 4.49. The molecule has 0 saturated heterocycles. The number of carbonyl (C=O) groups excluding carboxylic acids is 2. The summed E-state index contributed by atoms with van der Waals surface area (Å²) in [7, 11) is 3.20. The number of carbonyl (C=O) groups is 2. The van der Waals surface area contributed by atoms with E-state index in [-0.39, 0.29) is 29.6 Å². The van der Waals surface area contributed by atoms with Gasteiger partial charge >= 0.3 is 12.2 Å². The molecule has 0 unspecified atom stereocenters. The van der Waals surface area contributed by atoms with Crippen molar-refractivity contribution in [1.29, 1.82) is 0 Å².